The van der Waals surface area contributed by atoms with Gasteiger partial charge in [0.1, 0.15) is 0 Å². The Kier molecular flexibility index (Phi) is 4.08. The van der Waals surface area contributed by atoms with Crippen LogP contribution < -0.4 is 10.2 Å². The molecule has 0 bridgehead atoms. The van der Waals surface area contributed by atoms with Crippen LogP contribution >= 0.6 is 0 Å². The number of aromatic nitrogens is 4. The summed E-state index contributed by atoms with van der Waals surface area (Å²) < 4.78 is 5.84. The molecule has 4 rings (SSSR count). The van der Waals surface area contributed by atoms with Crippen LogP contribution in [0.1, 0.15) is 50.3 Å². The van der Waals surface area contributed by atoms with Gasteiger partial charge in [0.05, 0.1) is 0 Å². The van der Waals surface area contributed by atoms with E-state index in [1.807, 2.05) is 6.07 Å². The Morgan fingerprint density at radius 1 is 1.00 bits per heavy atom. The van der Waals surface area contributed by atoms with Crippen LogP contribution in [-0.4, -0.2) is 39.3 Å². The van der Waals surface area contributed by atoms with Gasteiger partial charge in [0, 0.05) is 37.4 Å². The summed E-state index contributed by atoms with van der Waals surface area (Å²) in [6, 6.07) is 2.93. The number of piperidine rings is 1. The molecule has 3 heterocycles. The van der Waals surface area contributed by atoms with Crippen LogP contribution in [-0.2, 0) is 0 Å². The van der Waals surface area contributed by atoms with Crippen molar-refractivity contribution >= 4 is 12.0 Å². The number of nitrogens with zero attached hydrogens (tertiary/aromatic N) is 5. The first-order valence-electron chi connectivity index (χ1n) is 8.50. The second kappa shape index (κ2) is 6.52. The maximum absolute atomic E-state index is 5.84. The summed E-state index contributed by atoms with van der Waals surface area (Å²) in [6.45, 7) is 1.84. The molecule has 7 nitrogen and oxygen atoms in total. The Bertz CT molecular complexity index is 617. The third-order valence-electron chi connectivity index (χ3n) is 4.80. The van der Waals surface area contributed by atoms with E-state index in [0.717, 1.165) is 37.8 Å². The molecule has 0 amide bonds. The molecule has 1 saturated carbocycles. The molecule has 0 atom stereocenters. The maximum Gasteiger partial charge on any atom is 0.315 e. The Balaban J connectivity index is 1.34. The van der Waals surface area contributed by atoms with E-state index in [1.54, 1.807) is 12.4 Å². The van der Waals surface area contributed by atoms with Gasteiger partial charge in [-0.2, -0.15) is 0 Å². The molecule has 1 aliphatic carbocycles. The summed E-state index contributed by atoms with van der Waals surface area (Å²) in [5, 5.41) is 11.8. The van der Waals surface area contributed by atoms with Gasteiger partial charge in [-0.1, -0.05) is 17.9 Å². The van der Waals surface area contributed by atoms with E-state index in [-0.39, 0.29) is 0 Å². The molecule has 1 aliphatic heterocycles. The SMILES string of the molecule is c1cnc(N2CCC(c3nnc(NC4CCCC4)o3)CC2)nc1. The van der Waals surface area contributed by atoms with E-state index in [0.29, 0.717) is 18.0 Å². The summed E-state index contributed by atoms with van der Waals surface area (Å²) in [7, 11) is 0. The first-order valence-corrected chi connectivity index (χ1v) is 8.50. The molecule has 122 valence electrons. The molecule has 0 radical (unpaired) electrons. The van der Waals surface area contributed by atoms with Gasteiger partial charge in [0.15, 0.2) is 0 Å². The summed E-state index contributed by atoms with van der Waals surface area (Å²) in [4.78, 5) is 10.8. The van der Waals surface area contributed by atoms with E-state index < -0.39 is 0 Å². The van der Waals surface area contributed by atoms with E-state index in [9.17, 15) is 0 Å². The lowest BCUT2D eigenvalue weighted by Crippen LogP contribution is -2.34. The minimum atomic E-state index is 0.335. The van der Waals surface area contributed by atoms with Crippen molar-refractivity contribution in [3.8, 4) is 0 Å². The molecule has 2 aromatic heterocycles. The first-order chi connectivity index (χ1) is 11.4. The molecule has 7 heteroatoms. The second-order valence-corrected chi connectivity index (χ2v) is 6.38. The maximum atomic E-state index is 5.84. The van der Waals surface area contributed by atoms with Crippen LogP contribution in [0.3, 0.4) is 0 Å². The molecule has 23 heavy (non-hydrogen) atoms. The van der Waals surface area contributed by atoms with Crippen molar-refractivity contribution in [1.82, 2.24) is 20.2 Å². The summed E-state index contributed by atoms with van der Waals surface area (Å²) in [5.74, 6) is 1.90. The van der Waals surface area contributed by atoms with Crippen LogP contribution in [0, 0.1) is 0 Å². The summed E-state index contributed by atoms with van der Waals surface area (Å²) in [5.41, 5.74) is 0. The first kappa shape index (κ1) is 14.4. The quantitative estimate of drug-likeness (QED) is 0.929. The normalized spacial score (nSPS) is 20.1. The van der Waals surface area contributed by atoms with Crippen molar-refractivity contribution in [1.29, 1.82) is 0 Å². The highest BCUT2D eigenvalue weighted by atomic mass is 16.4. The van der Waals surface area contributed by atoms with Crippen molar-refractivity contribution in [3.05, 3.63) is 24.4 Å². The number of rotatable bonds is 4. The predicted molar refractivity (Wildman–Crippen MR) is 86.4 cm³/mol. The van der Waals surface area contributed by atoms with Crippen molar-refractivity contribution in [2.45, 2.75) is 50.5 Å². The summed E-state index contributed by atoms with van der Waals surface area (Å²) in [6.07, 6.45) is 10.5. The molecule has 0 spiro atoms. The van der Waals surface area contributed by atoms with Gasteiger partial charge in [0.2, 0.25) is 11.8 Å². The minimum absolute atomic E-state index is 0.335. The van der Waals surface area contributed by atoms with Gasteiger partial charge in [-0.3, -0.25) is 0 Å². The van der Waals surface area contributed by atoms with Crippen LogP contribution in [0.15, 0.2) is 22.9 Å². The van der Waals surface area contributed by atoms with Gasteiger partial charge in [-0.05, 0) is 31.7 Å². The Morgan fingerprint density at radius 3 is 2.48 bits per heavy atom. The van der Waals surface area contributed by atoms with Gasteiger partial charge >= 0.3 is 6.01 Å². The Labute approximate surface area is 135 Å². The highest BCUT2D eigenvalue weighted by molar-refractivity contribution is 5.29. The largest absolute Gasteiger partial charge is 0.408 e. The number of hydrogen-bond acceptors (Lipinski definition) is 7. The molecule has 2 fully saturated rings. The number of nitrogens with one attached hydrogen (secondary N) is 1. The molecular weight excluding hydrogens is 292 g/mol. The standard InChI is InChI=1S/C16H22N6O/c1-2-5-13(4-1)19-16-21-20-14(23-16)12-6-10-22(11-7-12)15-17-8-3-9-18-15/h3,8-9,12-13H,1-2,4-7,10-11H2,(H,19,21). The van der Waals surface area contributed by atoms with Crippen LogP contribution in [0.4, 0.5) is 12.0 Å². The van der Waals surface area contributed by atoms with Crippen molar-refractivity contribution in [2.75, 3.05) is 23.3 Å². The molecule has 2 aromatic rings. The average molecular weight is 314 g/mol. The summed E-state index contributed by atoms with van der Waals surface area (Å²) >= 11 is 0. The zero-order valence-corrected chi connectivity index (χ0v) is 13.2. The molecule has 0 unspecified atom stereocenters. The van der Waals surface area contributed by atoms with Crippen LogP contribution in [0.5, 0.6) is 0 Å². The average Bonchev–Trinajstić information content (AvgIpc) is 3.28. The predicted octanol–water partition coefficient (Wildman–Crippen LogP) is 2.60. The lowest BCUT2D eigenvalue weighted by atomic mass is 9.97. The highest BCUT2D eigenvalue weighted by Crippen LogP contribution is 2.30. The van der Waals surface area contributed by atoms with Gasteiger partial charge in [-0.15, -0.1) is 5.10 Å². The monoisotopic (exact) mass is 314 g/mol. The van der Waals surface area contributed by atoms with E-state index in [4.69, 9.17) is 4.42 Å². The van der Waals surface area contributed by atoms with Crippen LogP contribution in [0.2, 0.25) is 0 Å². The smallest absolute Gasteiger partial charge is 0.315 e. The third kappa shape index (κ3) is 3.28. The number of hydrogen-bond donors (Lipinski definition) is 1. The Hall–Kier alpha value is -2.18. The lowest BCUT2D eigenvalue weighted by molar-refractivity contribution is 0.395. The fourth-order valence-electron chi connectivity index (χ4n) is 3.48. The van der Waals surface area contributed by atoms with Gasteiger partial charge in [-0.25, -0.2) is 9.97 Å². The highest BCUT2D eigenvalue weighted by Gasteiger charge is 2.26. The van der Waals surface area contributed by atoms with Gasteiger partial charge in [0.25, 0.3) is 0 Å². The molecule has 1 saturated heterocycles. The van der Waals surface area contributed by atoms with Crippen molar-refractivity contribution in [2.24, 2.45) is 0 Å². The van der Waals surface area contributed by atoms with E-state index in [2.05, 4.69) is 30.4 Å². The number of anilines is 2. The molecular formula is C16H22N6O. The molecule has 2 aliphatic rings. The molecule has 0 aromatic carbocycles. The zero-order chi connectivity index (χ0) is 15.5. The lowest BCUT2D eigenvalue weighted by Gasteiger charge is -2.30. The fourth-order valence-corrected chi connectivity index (χ4v) is 3.48. The Morgan fingerprint density at radius 2 is 1.74 bits per heavy atom. The zero-order valence-electron chi connectivity index (χ0n) is 13.2. The minimum Gasteiger partial charge on any atom is -0.408 e. The van der Waals surface area contributed by atoms with Crippen LogP contribution in [0.25, 0.3) is 0 Å². The topological polar surface area (TPSA) is 80.0 Å². The second-order valence-electron chi connectivity index (χ2n) is 6.38. The third-order valence-corrected chi connectivity index (χ3v) is 4.80. The molecule has 1 N–H and O–H groups in total. The van der Waals surface area contributed by atoms with E-state index >= 15 is 0 Å². The van der Waals surface area contributed by atoms with Crippen molar-refractivity contribution < 1.29 is 4.42 Å². The fraction of sp³-hybridized carbons (Fsp3) is 0.625. The van der Waals surface area contributed by atoms with Gasteiger partial charge < -0.3 is 14.6 Å². The van der Waals surface area contributed by atoms with E-state index in [1.165, 1.54) is 25.7 Å². The van der Waals surface area contributed by atoms with Crippen molar-refractivity contribution in [3.63, 3.8) is 0 Å².